The average molecular weight is 294 g/mol. The highest BCUT2D eigenvalue weighted by Crippen LogP contribution is 2.16. The fraction of sp³-hybridized carbons (Fsp3) is 0.941. The largest absolute Gasteiger partial charge is 0.356 e. The molecule has 0 spiro atoms. The molecule has 0 saturated carbocycles. The molecule has 4 heteroatoms. The van der Waals surface area contributed by atoms with Crippen molar-refractivity contribution in [2.24, 2.45) is 16.8 Å². The quantitative estimate of drug-likeness (QED) is 0.491. The summed E-state index contributed by atoms with van der Waals surface area (Å²) in [5.74, 6) is 2.83. The Labute approximate surface area is 131 Å². The number of likely N-dealkylation sites (tertiary alicyclic amines) is 2. The SMILES string of the molecule is CN=C(NCCCN1CCC(C)CC1)N1CCCC(C)C1. The van der Waals surface area contributed by atoms with E-state index in [1.807, 2.05) is 7.05 Å². The Morgan fingerprint density at radius 3 is 2.52 bits per heavy atom. The van der Waals surface area contributed by atoms with Gasteiger partial charge in [-0.2, -0.15) is 0 Å². The van der Waals surface area contributed by atoms with Crippen LogP contribution >= 0.6 is 0 Å². The molecule has 2 rings (SSSR count). The van der Waals surface area contributed by atoms with Crippen LogP contribution in [-0.4, -0.2) is 62.1 Å². The number of piperidine rings is 2. The molecular formula is C17H34N4. The van der Waals surface area contributed by atoms with Crippen molar-refractivity contribution >= 4 is 5.96 Å². The highest BCUT2D eigenvalue weighted by atomic mass is 15.3. The smallest absolute Gasteiger partial charge is 0.193 e. The van der Waals surface area contributed by atoms with Crippen LogP contribution in [0.15, 0.2) is 4.99 Å². The van der Waals surface area contributed by atoms with E-state index in [4.69, 9.17) is 0 Å². The minimum atomic E-state index is 0.799. The summed E-state index contributed by atoms with van der Waals surface area (Å²) < 4.78 is 0. The fourth-order valence-corrected chi connectivity index (χ4v) is 3.50. The summed E-state index contributed by atoms with van der Waals surface area (Å²) in [7, 11) is 1.91. The van der Waals surface area contributed by atoms with E-state index in [1.165, 1.54) is 51.7 Å². The molecule has 21 heavy (non-hydrogen) atoms. The summed E-state index contributed by atoms with van der Waals surface area (Å²) in [5, 5.41) is 3.56. The molecule has 2 aliphatic heterocycles. The maximum Gasteiger partial charge on any atom is 0.193 e. The Hall–Kier alpha value is -0.770. The maximum atomic E-state index is 4.46. The van der Waals surface area contributed by atoms with Gasteiger partial charge in [-0.3, -0.25) is 4.99 Å². The normalized spacial score (nSPS) is 26.1. The zero-order valence-electron chi connectivity index (χ0n) is 14.3. The second-order valence-electron chi connectivity index (χ2n) is 7.05. The van der Waals surface area contributed by atoms with Crippen molar-refractivity contribution in [2.45, 2.75) is 46.0 Å². The zero-order valence-corrected chi connectivity index (χ0v) is 14.3. The molecule has 0 aliphatic carbocycles. The zero-order chi connectivity index (χ0) is 15.1. The van der Waals surface area contributed by atoms with Crippen molar-refractivity contribution in [3.63, 3.8) is 0 Å². The summed E-state index contributed by atoms with van der Waals surface area (Å²) in [6.45, 7) is 11.9. The predicted octanol–water partition coefficient (Wildman–Crippen LogP) is 2.42. The van der Waals surface area contributed by atoms with Crippen LogP contribution in [0.5, 0.6) is 0 Å². The van der Waals surface area contributed by atoms with Crippen LogP contribution in [0.4, 0.5) is 0 Å². The molecule has 0 aromatic carbocycles. The van der Waals surface area contributed by atoms with Crippen LogP contribution in [0, 0.1) is 11.8 Å². The molecule has 2 fully saturated rings. The molecule has 1 N–H and O–H groups in total. The van der Waals surface area contributed by atoms with Crippen molar-refractivity contribution in [3.8, 4) is 0 Å². The molecular weight excluding hydrogens is 260 g/mol. The fourth-order valence-electron chi connectivity index (χ4n) is 3.50. The second-order valence-corrected chi connectivity index (χ2v) is 7.05. The van der Waals surface area contributed by atoms with Crippen molar-refractivity contribution in [1.82, 2.24) is 15.1 Å². The molecule has 0 aromatic heterocycles. The maximum absolute atomic E-state index is 4.46. The van der Waals surface area contributed by atoms with E-state index >= 15 is 0 Å². The predicted molar refractivity (Wildman–Crippen MR) is 90.8 cm³/mol. The van der Waals surface area contributed by atoms with E-state index < -0.39 is 0 Å². The van der Waals surface area contributed by atoms with Crippen molar-refractivity contribution in [1.29, 1.82) is 0 Å². The molecule has 2 heterocycles. The van der Waals surface area contributed by atoms with Gasteiger partial charge >= 0.3 is 0 Å². The molecule has 0 aromatic rings. The molecule has 122 valence electrons. The van der Waals surface area contributed by atoms with Gasteiger partial charge in [0.1, 0.15) is 0 Å². The van der Waals surface area contributed by atoms with Crippen LogP contribution in [0.25, 0.3) is 0 Å². The van der Waals surface area contributed by atoms with Gasteiger partial charge in [0.25, 0.3) is 0 Å². The highest BCUT2D eigenvalue weighted by Gasteiger charge is 2.19. The molecule has 0 bridgehead atoms. The third-order valence-corrected chi connectivity index (χ3v) is 4.98. The summed E-state index contributed by atoms with van der Waals surface area (Å²) in [4.78, 5) is 9.50. The van der Waals surface area contributed by atoms with Gasteiger partial charge in [-0.15, -0.1) is 0 Å². The number of hydrogen-bond donors (Lipinski definition) is 1. The second kappa shape index (κ2) is 8.62. The van der Waals surface area contributed by atoms with Crippen LogP contribution < -0.4 is 5.32 Å². The van der Waals surface area contributed by atoms with Crippen molar-refractivity contribution in [3.05, 3.63) is 0 Å². The summed E-state index contributed by atoms with van der Waals surface area (Å²) in [6, 6.07) is 0. The van der Waals surface area contributed by atoms with E-state index in [2.05, 4.69) is 34.0 Å². The topological polar surface area (TPSA) is 30.9 Å². The lowest BCUT2D eigenvalue weighted by Gasteiger charge is -2.34. The Morgan fingerprint density at radius 2 is 1.86 bits per heavy atom. The Bertz CT molecular complexity index is 321. The van der Waals surface area contributed by atoms with Gasteiger partial charge in [0, 0.05) is 26.7 Å². The van der Waals surface area contributed by atoms with Gasteiger partial charge < -0.3 is 15.1 Å². The molecule has 1 unspecified atom stereocenters. The molecule has 2 saturated heterocycles. The molecule has 0 amide bonds. The lowest BCUT2D eigenvalue weighted by molar-refractivity contribution is 0.190. The first-order chi connectivity index (χ1) is 10.2. The number of hydrogen-bond acceptors (Lipinski definition) is 2. The third-order valence-electron chi connectivity index (χ3n) is 4.98. The molecule has 2 aliphatic rings. The van der Waals surface area contributed by atoms with Crippen LogP contribution in [-0.2, 0) is 0 Å². The molecule has 0 radical (unpaired) electrons. The Morgan fingerprint density at radius 1 is 1.10 bits per heavy atom. The van der Waals surface area contributed by atoms with Gasteiger partial charge in [0.2, 0.25) is 0 Å². The number of rotatable bonds is 4. The average Bonchev–Trinajstić information content (AvgIpc) is 2.49. The van der Waals surface area contributed by atoms with E-state index in [1.54, 1.807) is 0 Å². The standard InChI is InChI=1S/C17H34N4/c1-15-7-12-20(13-8-15)10-5-9-19-17(18-3)21-11-4-6-16(2)14-21/h15-16H,4-14H2,1-3H3,(H,18,19). The van der Waals surface area contributed by atoms with E-state index in [-0.39, 0.29) is 0 Å². The van der Waals surface area contributed by atoms with Gasteiger partial charge in [-0.25, -0.2) is 0 Å². The van der Waals surface area contributed by atoms with Crippen molar-refractivity contribution in [2.75, 3.05) is 46.3 Å². The number of nitrogens with zero attached hydrogens (tertiary/aromatic N) is 3. The number of aliphatic imine (C=N–C) groups is 1. The Kier molecular flexibility index (Phi) is 6.81. The van der Waals surface area contributed by atoms with Crippen LogP contribution in [0.1, 0.15) is 46.0 Å². The number of guanidine groups is 1. The van der Waals surface area contributed by atoms with Crippen LogP contribution in [0.3, 0.4) is 0 Å². The van der Waals surface area contributed by atoms with E-state index in [9.17, 15) is 0 Å². The molecule has 4 nitrogen and oxygen atoms in total. The summed E-state index contributed by atoms with van der Waals surface area (Å²) in [6.07, 6.45) is 6.63. The van der Waals surface area contributed by atoms with Crippen LogP contribution in [0.2, 0.25) is 0 Å². The summed E-state index contributed by atoms with van der Waals surface area (Å²) in [5.41, 5.74) is 0. The minimum absolute atomic E-state index is 0.799. The number of nitrogens with one attached hydrogen (secondary N) is 1. The van der Waals surface area contributed by atoms with E-state index in [0.717, 1.165) is 37.4 Å². The van der Waals surface area contributed by atoms with Gasteiger partial charge in [-0.05, 0) is 63.6 Å². The lowest BCUT2D eigenvalue weighted by atomic mass is 9.99. The van der Waals surface area contributed by atoms with Crippen molar-refractivity contribution < 1.29 is 0 Å². The van der Waals surface area contributed by atoms with Gasteiger partial charge in [0.05, 0.1) is 0 Å². The first-order valence-electron chi connectivity index (χ1n) is 8.87. The monoisotopic (exact) mass is 294 g/mol. The Balaban J connectivity index is 1.62. The van der Waals surface area contributed by atoms with Gasteiger partial charge in [0.15, 0.2) is 5.96 Å². The minimum Gasteiger partial charge on any atom is -0.356 e. The summed E-state index contributed by atoms with van der Waals surface area (Å²) >= 11 is 0. The first-order valence-corrected chi connectivity index (χ1v) is 8.87. The van der Waals surface area contributed by atoms with E-state index in [0.29, 0.717) is 0 Å². The highest BCUT2D eigenvalue weighted by molar-refractivity contribution is 5.79. The molecule has 1 atom stereocenters. The first kappa shape index (κ1) is 16.6. The lowest BCUT2D eigenvalue weighted by Crippen LogP contribution is -2.46. The van der Waals surface area contributed by atoms with Gasteiger partial charge in [-0.1, -0.05) is 13.8 Å². The third kappa shape index (κ3) is 5.50.